The van der Waals surface area contributed by atoms with Crippen molar-refractivity contribution in [2.45, 2.75) is 31.8 Å². The van der Waals surface area contributed by atoms with Crippen LogP contribution in [0.4, 0.5) is 4.39 Å². The van der Waals surface area contributed by atoms with Crippen LogP contribution in [0.1, 0.15) is 35.7 Å². The number of nitrogens with one attached hydrogen (secondary N) is 1. The maximum Gasteiger partial charge on any atom is 0.226 e. The van der Waals surface area contributed by atoms with Gasteiger partial charge >= 0.3 is 0 Å². The second-order valence-corrected chi connectivity index (χ2v) is 8.17. The number of halogens is 1. The van der Waals surface area contributed by atoms with Gasteiger partial charge in [0.15, 0.2) is 5.82 Å². The third-order valence-corrected chi connectivity index (χ3v) is 6.03. The summed E-state index contributed by atoms with van der Waals surface area (Å²) in [6.45, 7) is 3.45. The molecule has 5 rings (SSSR count). The van der Waals surface area contributed by atoms with Gasteiger partial charge < -0.3 is 14.2 Å². The quantitative estimate of drug-likeness (QED) is 0.633. The van der Waals surface area contributed by atoms with Crippen LogP contribution in [0.25, 0.3) is 11.4 Å². The van der Waals surface area contributed by atoms with Crippen LogP contribution in [0.5, 0.6) is 0 Å². The highest BCUT2D eigenvalue weighted by Gasteiger charge is 2.38. The standard InChI is InChI=1S/C22H24FN7O3/c1-13-26-21(28-33-13)15-5-3-14(4-6-15)18-11-30(7-8-32-18)22-27-17(9-19(31)29(22)2)20-16(23)10-24-12-25-20/h3-6,10,12,17-18,22,27H,7-9,11H2,1-2H3/t17?,18-,22?/m1/s1. The lowest BCUT2D eigenvalue weighted by molar-refractivity contribution is -0.149. The molecule has 2 fully saturated rings. The normalized spacial score (nSPS) is 24.3. The molecule has 2 aliphatic heterocycles. The van der Waals surface area contributed by atoms with Crippen LogP contribution < -0.4 is 5.32 Å². The molecule has 2 aromatic heterocycles. The van der Waals surface area contributed by atoms with Crippen molar-refractivity contribution in [1.82, 2.24) is 35.2 Å². The van der Waals surface area contributed by atoms with Gasteiger partial charge in [-0.15, -0.1) is 0 Å². The van der Waals surface area contributed by atoms with Crippen molar-refractivity contribution >= 4 is 5.91 Å². The smallest absolute Gasteiger partial charge is 0.226 e. The van der Waals surface area contributed by atoms with Gasteiger partial charge in [0, 0.05) is 39.0 Å². The molecule has 10 nitrogen and oxygen atoms in total. The van der Waals surface area contributed by atoms with E-state index in [1.807, 2.05) is 24.3 Å². The summed E-state index contributed by atoms with van der Waals surface area (Å²) in [5.74, 6) is 0.450. The molecule has 2 unspecified atom stereocenters. The van der Waals surface area contributed by atoms with Gasteiger partial charge in [-0.25, -0.2) is 14.4 Å². The molecule has 2 saturated heterocycles. The summed E-state index contributed by atoms with van der Waals surface area (Å²) in [4.78, 5) is 28.5. The lowest BCUT2D eigenvalue weighted by Crippen LogP contribution is -2.63. The Balaban J connectivity index is 1.32. The molecular weight excluding hydrogens is 429 g/mol. The molecule has 4 heterocycles. The molecule has 33 heavy (non-hydrogen) atoms. The number of hydrogen-bond acceptors (Lipinski definition) is 9. The van der Waals surface area contributed by atoms with Crippen molar-refractivity contribution in [3.63, 3.8) is 0 Å². The minimum atomic E-state index is -0.527. The summed E-state index contributed by atoms with van der Waals surface area (Å²) in [5, 5.41) is 7.33. The Morgan fingerprint density at radius 2 is 2.06 bits per heavy atom. The van der Waals surface area contributed by atoms with E-state index in [9.17, 15) is 9.18 Å². The van der Waals surface area contributed by atoms with Crippen LogP contribution in [0, 0.1) is 12.7 Å². The number of morpholine rings is 1. The summed E-state index contributed by atoms with van der Waals surface area (Å²) < 4.78 is 25.3. The largest absolute Gasteiger partial charge is 0.371 e. The first kappa shape index (κ1) is 21.6. The third kappa shape index (κ3) is 4.34. The highest BCUT2D eigenvalue weighted by Crippen LogP contribution is 2.29. The van der Waals surface area contributed by atoms with Crippen molar-refractivity contribution in [3.05, 3.63) is 59.8 Å². The number of benzene rings is 1. The second-order valence-electron chi connectivity index (χ2n) is 8.17. The first-order valence-corrected chi connectivity index (χ1v) is 10.7. The molecule has 0 bridgehead atoms. The van der Waals surface area contributed by atoms with E-state index in [0.29, 0.717) is 31.4 Å². The predicted octanol–water partition coefficient (Wildman–Crippen LogP) is 1.82. The van der Waals surface area contributed by atoms with Gasteiger partial charge in [0.25, 0.3) is 0 Å². The van der Waals surface area contributed by atoms with Gasteiger partial charge in [-0.1, -0.05) is 29.4 Å². The number of amides is 1. The Bertz CT molecular complexity index is 1140. The van der Waals surface area contributed by atoms with E-state index >= 15 is 0 Å². The number of aryl methyl sites for hydroxylation is 1. The van der Waals surface area contributed by atoms with Gasteiger partial charge in [0.05, 0.1) is 30.6 Å². The zero-order valence-electron chi connectivity index (χ0n) is 18.3. The molecule has 0 saturated carbocycles. The van der Waals surface area contributed by atoms with Crippen LogP contribution in [0.15, 0.2) is 41.3 Å². The zero-order chi connectivity index (χ0) is 22.9. The average molecular weight is 453 g/mol. The van der Waals surface area contributed by atoms with E-state index in [1.54, 1.807) is 18.9 Å². The van der Waals surface area contributed by atoms with Crippen molar-refractivity contribution in [2.75, 3.05) is 26.7 Å². The Labute approximate surface area is 189 Å². The minimum Gasteiger partial charge on any atom is -0.371 e. The van der Waals surface area contributed by atoms with Gasteiger partial charge in [-0.3, -0.25) is 15.0 Å². The highest BCUT2D eigenvalue weighted by atomic mass is 19.1. The van der Waals surface area contributed by atoms with Crippen LogP contribution in [0.3, 0.4) is 0 Å². The maximum absolute atomic E-state index is 14.3. The van der Waals surface area contributed by atoms with Gasteiger partial charge in [0.2, 0.25) is 17.6 Å². The molecule has 0 aliphatic carbocycles. The fourth-order valence-corrected chi connectivity index (χ4v) is 4.27. The minimum absolute atomic E-state index is 0.0791. The molecule has 1 amide bonds. The summed E-state index contributed by atoms with van der Waals surface area (Å²) >= 11 is 0. The molecule has 1 aromatic carbocycles. The Hall–Kier alpha value is -3.28. The summed E-state index contributed by atoms with van der Waals surface area (Å²) in [7, 11) is 1.75. The fraction of sp³-hybridized carbons (Fsp3) is 0.409. The average Bonchev–Trinajstić information content (AvgIpc) is 3.27. The number of carbonyl (C=O) groups excluding carboxylic acids is 1. The second kappa shape index (κ2) is 8.93. The number of aromatic nitrogens is 4. The van der Waals surface area contributed by atoms with E-state index in [1.165, 1.54) is 6.33 Å². The number of hydrogen-bond donors (Lipinski definition) is 1. The first-order valence-electron chi connectivity index (χ1n) is 10.7. The molecule has 3 atom stereocenters. The Morgan fingerprint density at radius 1 is 1.24 bits per heavy atom. The molecular formula is C22H24FN7O3. The maximum atomic E-state index is 14.3. The summed E-state index contributed by atoms with van der Waals surface area (Å²) in [6.07, 6.45) is 1.96. The highest BCUT2D eigenvalue weighted by molar-refractivity contribution is 5.77. The summed E-state index contributed by atoms with van der Waals surface area (Å²) in [5.41, 5.74) is 2.07. The fourth-order valence-electron chi connectivity index (χ4n) is 4.27. The lowest BCUT2D eigenvalue weighted by atomic mass is 10.0. The van der Waals surface area contributed by atoms with E-state index in [-0.39, 0.29) is 24.1 Å². The van der Waals surface area contributed by atoms with Gasteiger partial charge in [-0.2, -0.15) is 4.98 Å². The van der Waals surface area contributed by atoms with Crippen LogP contribution >= 0.6 is 0 Å². The van der Waals surface area contributed by atoms with Gasteiger partial charge in [-0.05, 0) is 5.56 Å². The summed E-state index contributed by atoms with van der Waals surface area (Å²) in [6, 6.07) is 7.31. The van der Waals surface area contributed by atoms with Crippen LogP contribution in [-0.4, -0.2) is 68.8 Å². The molecule has 11 heteroatoms. The van der Waals surface area contributed by atoms with E-state index in [4.69, 9.17) is 9.26 Å². The molecule has 172 valence electrons. The third-order valence-electron chi connectivity index (χ3n) is 6.03. The van der Waals surface area contributed by atoms with E-state index in [2.05, 4.69) is 30.3 Å². The molecule has 2 aliphatic rings. The van der Waals surface area contributed by atoms with E-state index < -0.39 is 18.1 Å². The van der Waals surface area contributed by atoms with Gasteiger partial charge in [0.1, 0.15) is 12.6 Å². The zero-order valence-corrected chi connectivity index (χ0v) is 18.3. The van der Waals surface area contributed by atoms with Crippen molar-refractivity contribution in [3.8, 4) is 11.4 Å². The Kier molecular flexibility index (Phi) is 5.83. The molecule has 3 aromatic rings. The van der Waals surface area contributed by atoms with Crippen LogP contribution in [-0.2, 0) is 9.53 Å². The monoisotopic (exact) mass is 453 g/mol. The van der Waals surface area contributed by atoms with Crippen molar-refractivity contribution in [1.29, 1.82) is 0 Å². The van der Waals surface area contributed by atoms with Crippen molar-refractivity contribution < 1.29 is 18.4 Å². The number of rotatable bonds is 4. The molecule has 0 spiro atoms. The number of ether oxygens (including phenoxy) is 1. The molecule has 0 radical (unpaired) electrons. The predicted molar refractivity (Wildman–Crippen MR) is 114 cm³/mol. The molecule has 1 N–H and O–H groups in total. The van der Waals surface area contributed by atoms with Crippen molar-refractivity contribution in [2.24, 2.45) is 0 Å². The number of carbonyl (C=O) groups is 1. The first-order chi connectivity index (χ1) is 16.0. The van der Waals surface area contributed by atoms with E-state index in [0.717, 1.165) is 17.3 Å². The SMILES string of the molecule is Cc1nc(-c2ccc([C@H]3CN(C4NC(c5ncncc5F)CC(=O)N4C)CCO3)cc2)no1. The van der Waals surface area contributed by atoms with Crippen LogP contribution in [0.2, 0.25) is 0 Å². The lowest BCUT2D eigenvalue weighted by Gasteiger charge is -2.46. The topological polar surface area (TPSA) is 110 Å². The Morgan fingerprint density at radius 3 is 2.79 bits per heavy atom. The number of nitrogens with zero attached hydrogens (tertiary/aromatic N) is 6.